The SMILES string of the molecule is Cc1ccc(CC(=O)N2CCC(Oc3cccnc3N3CCCC3)C2)cn1. The highest BCUT2D eigenvalue weighted by molar-refractivity contribution is 5.79. The second-order valence-corrected chi connectivity index (χ2v) is 7.37. The summed E-state index contributed by atoms with van der Waals surface area (Å²) in [5.41, 5.74) is 1.92. The molecule has 6 heteroatoms. The number of carbonyl (C=O) groups excluding carboxylic acids is 1. The smallest absolute Gasteiger partial charge is 0.227 e. The van der Waals surface area contributed by atoms with E-state index in [1.807, 2.05) is 42.3 Å². The fraction of sp³-hybridized carbons (Fsp3) is 0.476. The molecule has 2 fully saturated rings. The lowest BCUT2D eigenvalue weighted by Gasteiger charge is -2.22. The van der Waals surface area contributed by atoms with Gasteiger partial charge in [0, 0.05) is 44.1 Å². The molecule has 0 saturated carbocycles. The minimum absolute atomic E-state index is 0.0237. The first-order valence-electron chi connectivity index (χ1n) is 9.75. The van der Waals surface area contributed by atoms with Crippen molar-refractivity contribution in [2.24, 2.45) is 0 Å². The number of anilines is 1. The van der Waals surface area contributed by atoms with Crippen molar-refractivity contribution in [1.29, 1.82) is 0 Å². The van der Waals surface area contributed by atoms with Gasteiger partial charge < -0.3 is 14.5 Å². The topological polar surface area (TPSA) is 58.6 Å². The van der Waals surface area contributed by atoms with Crippen LogP contribution in [-0.2, 0) is 11.2 Å². The average molecular weight is 366 g/mol. The second-order valence-electron chi connectivity index (χ2n) is 7.37. The number of amides is 1. The van der Waals surface area contributed by atoms with E-state index < -0.39 is 0 Å². The van der Waals surface area contributed by atoms with E-state index in [-0.39, 0.29) is 12.0 Å². The maximum atomic E-state index is 12.6. The number of ether oxygens (including phenoxy) is 1. The highest BCUT2D eigenvalue weighted by Crippen LogP contribution is 2.30. The number of aryl methyl sites for hydroxylation is 1. The average Bonchev–Trinajstić information content (AvgIpc) is 3.36. The van der Waals surface area contributed by atoms with Gasteiger partial charge in [0.25, 0.3) is 0 Å². The van der Waals surface area contributed by atoms with E-state index in [0.717, 1.165) is 48.9 Å². The Labute approximate surface area is 160 Å². The van der Waals surface area contributed by atoms with Crippen LogP contribution in [0, 0.1) is 6.92 Å². The lowest BCUT2D eigenvalue weighted by Crippen LogP contribution is -2.32. The third kappa shape index (κ3) is 4.21. The van der Waals surface area contributed by atoms with Gasteiger partial charge >= 0.3 is 0 Å². The fourth-order valence-electron chi connectivity index (χ4n) is 3.76. The molecule has 0 aliphatic carbocycles. The van der Waals surface area contributed by atoms with Crippen LogP contribution in [0.2, 0.25) is 0 Å². The predicted octanol–water partition coefficient (Wildman–Crippen LogP) is 2.61. The molecule has 2 aliphatic rings. The lowest BCUT2D eigenvalue weighted by atomic mass is 10.2. The summed E-state index contributed by atoms with van der Waals surface area (Å²) in [6.45, 7) is 5.39. The molecule has 2 saturated heterocycles. The summed E-state index contributed by atoms with van der Waals surface area (Å²) in [4.78, 5) is 25.6. The van der Waals surface area contributed by atoms with Gasteiger partial charge in [0.15, 0.2) is 11.6 Å². The first kappa shape index (κ1) is 17.8. The molecule has 0 radical (unpaired) electrons. The van der Waals surface area contributed by atoms with E-state index in [2.05, 4.69) is 14.9 Å². The number of carbonyl (C=O) groups is 1. The molecule has 2 aromatic rings. The molecule has 27 heavy (non-hydrogen) atoms. The van der Waals surface area contributed by atoms with Crippen molar-refractivity contribution in [3.63, 3.8) is 0 Å². The molecular formula is C21H26N4O2. The van der Waals surface area contributed by atoms with Crippen LogP contribution >= 0.6 is 0 Å². The minimum atomic E-state index is 0.0237. The zero-order chi connectivity index (χ0) is 18.6. The molecule has 0 bridgehead atoms. The van der Waals surface area contributed by atoms with E-state index >= 15 is 0 Å². The molecule has 4 rings (SSSR count). The molecule has 0 aromatic carbocycles. The Bertz CT molecular complexity index is 787. The van der Waals surface area contributed by atoms with Crippen molar-refractivity contribution in [3.8, 4) is 5.75 Å². The van der Waals surface area contributed by atoms with Gasteiger partial charge in [-0.1, -0.05) is 6.07 Å². The molecule has 2 aliphatic heterocycles. The van der Waals surface area contributed by atoms with Crippen LogP contribution < -0.4 is 9.64 Å². The minimum Gasteiger partial charge on any atom is -0.485 e. The van der Waals surface area contributed by atoms with Gasteiger partial charge in [-0.25, -0.2) is 4.98 Å². The normalized spacial score (nSPS) is 19.5. The Morgan fingerprint density at radius 1 is 1.19 bits per heavy atom. The highest BCUT2D eigenvalue weighted by atomic mass is 16.5. The van der Waals surface area contributed by atoms with E-state index in [4.69, 9.17) is 4.74 Å². The molecule has 1 amide bonds. The van der Waals surface area contributed by atoms with Gasteiger partial charge in [0.1, 0.15) is 6.10 Å². The van der Waals surface area contributed by atoms with Crippen LogP contribution in [0.25, 0.3) is 0 Å². The van der Waals surface area contributed by atoms with Crippen LogP contribution in [0.4, 0.5) is 5.82 Å². The molecule has 142 valence electrons. The van der Waals surface area contributed by atoms with Crippen molar-refractivity contribution in [2.45, 2.75) is 38.7 Å². The fourth-order valence-corrected chi connectivity index (χ4v) is 3.76. The van der Waals surface area contributed by atoms with Crippen molar-refractivity contribution >= 4 is 11.7 Å². The van der Waals surface area contributed by atoms with Crippen molar-refractivity contribution in [1.82, 2.24) is 14.9 Å². The third-order valence-corrected chi connectivity index (χ3v) is 5.28. The predicted molar refractivity (Wildman–Crippen MR) is 104 cm³/mol. The summed E-state index contributed by atoms with van der Waals surface area (Å²) in [6.07, 6.45) is 7.29. The number of nitrogens with zero attached hydrogens (tertiary/aromatic N) is 4. The molecule has 6 nitrogen and oxygen atoms in total. The van der Waals surface area contributed by atoms with Crippen LogP contribution in [0.3, 0.4) is 0 Å². The van der Waals surface area contributed by atoms with Crippen molar-refractivity contribution < 1.29 is 9.53 Å². The molecule has 4 heterocycles. The summed E-state index contributed by atoms with van der Waals surface area (Å²) in [5, 5.41) is 0. The Balaban J connectivity index is 1.36. The number of hydrogen-bond donors (Lipinski definition) is 0. The zero-order valence-electron chi connectivity index (χ0n) is 15.8. The second kappa shape index (κ2) is 7.94. The quantitative estimate of drug-likeness (QED) is 0.814. The highest BCUT2D eigenvalue weighted by Gasteiger charge is 2.29. The van der Waals surface area contributed by atoms with E-state index in [1.54, 1.807) is 6.20 Å². The van der Waals surface area contributed by atoms with Gasteiger partial charge in [-0.3, -0.25) is 9.78 Å². The Hall–Kier alpha value is -2.63. The van der Waals surface area contributed by atoms with Crippen LogP contribution in [0.15, 0.2) is 36.7 Å². The van der Waals surface area contributed by atoms with Crippen molar-refractivity contribution in [3.05, 3.63) is 47.9 Å². The van der Waals surface area contributed by atoms with E-state index in [1.165, 1.54) is 12.8 Å². The summed E-state index contributed by atoms with van der Waals surface area (Å²) in [7, 11) is 0. The van der Waals surface area contributed by atoms with Gasteiger partial charge in [-0.15, -0.1) is 0 Å². The Morgan fingerprint density at radius 3 is 2.81 bits per heavy atom. The van der Waals surface area contributed by atoms with E-state index in [0.29, 0.717) is 13.0 Å². The first-order chi connectivity index (χ1) is 13.2. The van der Waals surface area contributed by atoms with Gasteiger partial charge in [0.05, 0.1) is 13.0 Å². The van der Waals surface area contributed by atoms with Crippen LogP contribution in [0.1, 0.15) is 30.5 Å². The maximum Gasteiger partial charge on any atom is 0.227 e. The van der Waals surface area contributed by atoms with Crippen LogP contribution in [0.5, 0.6) is 5.75 Å². The standard InChI is InChI=1S/C21H26N4O2/c1-16-6-7-17(14-23-16)13-20(26)25-12-8-18(15-25)27-19-5-4-9-22-21(19)24-10-2-3-11-24/h4-7,9,14,18H,2-3,8,10-13,15H2,1H3. The number of rotatable bonds is 5. The summed E-state index contributed by atoms with van der Waals surface area (Å²) in [6, 6.07) is 7.82. The third-order valence-electron chi connectivity index (χ3n) is 5.28. The number of likely N-dealkylation sites (tertiary alicyclic amines) is 1. The van der Waals surface area contributed by atoms with Gasteiger partial charge in [0.2, 0.25) is 5.91 Å². The van der Waals surface area contributed by atoms with Crippen LogP contribution in [-0.4, -0.2) is 53.1 Å². The van der Waals surface area contributed by atoms with Gasteiger partial charge in [-0.05, 0) is 43.5 Å². The first-order valence-corrected chi connectivity index (χ1v) is 9.75. The van der Waals surface area contributed by atoms with Gasteiger partial charge in [-0.2, -0.15) is 0 Å². The lowest BCUT2D eigenvalue weighted by molar-refractivity contribution is -0.129. The molecule has 0 N–H and O–H groups in total. The van der Waals surface area contributed by atoms with E-state index in [9.17, 15) is 4.79 Å². The molecule has 1 atom stereocenters. The molecule has 0 spiro atoms. The number of aromatic nitrogens is 2. The summed E-state index contributed by atoms with van der Waals surface area (Å²) < 4.78 is 6.25. The zero-order valence-corrected chi connectivity index (χ0v) is 15.8. The number of pyridine rings is 2. The Kier molecular flexibility index (Phi) is 5.23. The Morgan fingerprint density at radius 2 is 2.04 bits per heavy atom. The largest absolute Gasteiger partial charge is 0.485 e. The molecule has 1 unspecified atom stereocenters. The van der Waals surface area contributed by atoms with Crippen molar-refractivity contribution in [2.75, 3.05) is 31.1 Å². The maximum absolute atomic E-state index is 12.6. The monoisotopic (exact) mass is 366 g/mol. The molecular weight excluding hydrogens is 340 g/mol. The summed E-state index contributed by atoms with van der Waals surface area (Å²) in [5.74, 6) is 1.91. The molecule has 2 aromatic heterocycles. The summed E-state index contributed by atoms with van der Waals surface area (Å²) >= 11 is 0. The number of hydrogen-bond acceptors (Lipinski definition) is 5.